The van der Waals surface area contributed by atoms with Crippen LogP contribution >= 0.6 is 23.5 Å². The molecule has 1 aromatic heterocycles. The largest absolute Gasteiger partial charge is 0.325 e. The number of nitrogens with one attached hydrogen (secondary N) is 1. The van der Waals surface area contributed by atoms with Gasteiger partial charge in [0.25, 0.3) is 0 Å². The monoisotopic (exact) mass is 426 g/mol. The van der Waals surface area contributed by atoms with Gasteiger partial charge in [-0.15, -0.1) is 0 Å². The van der Waals surface area contributed by atoms with Crippen LogP contribution in [-0.2, 0) is 23.6 Å². The molecule has 1 aliphatic rings. The van der Waals surface area contributed by atoms with Crippen LogP contribution in [0.2, 0.25) is 0 Å². The third-order valence-electron chi connectivity index (χ3n) is 5.03. The van der Waals surface area contributed by atoms with Crippen molar-refractivity contribution in [2.75, 3.05) is 36.2 Å². The van der Waals surface area contributed by atoms with Gasteiger partial charge in [0.15, 0.2) is 0 Å². The second kappa shape index (κ2) is 9.69. The molecule has 7 heteroatoms. The summed E-state index contributed by atoms with van der Waals surface area (Å²) >= 11 is 3.73. The van der Waals surface area contributed by atoms with Crippen molar-refractivity contribution in [3.63, 3.8) is 0 Å². The van der Waals surface area contributed by atoms with Gasteiger partial charge in [0, 0.05) is 36.8 Å². The Morgan fingerprint density at radius 2 is 2.00 bits per heavy atom. The maximum atomic E-state index is 12.8. The Balaban J connectivity index is 1.45. The van der Waals surface area contributed by atoms with Gasteiger partial charge >= 0.3 is 0 Å². The zero-order valence-electron chi connectivity index (χ0n) is 16.6. The van der Waals surface area contributed by atoms with Crippen LogP contribution in [-0.4, -0.2) is 51.2 Å². The van der Waals surface area contributed by atoms with E-state index in [4.69, 9.17) is 4.98 Å². The molecule has 3 aromatic rings. The molecule has 1 fully saturated rings. The van der Waals surface area contributed by atoms with Crippen LogP contribution in [0.3, 0.4) is 0 Å². The Kier molecular flexibility index (Phi) is 6.79. The lowest BCUT2D eigenvalue weighted by Gasteiger charge is -2.26. The summed E-state index contributed by atoms with van der Waals surface area (Å²) in [6.45, 7) is 3.47. The quantitative estimate of drug-likeness (QED) is 0.617. The molecule has 0 spiro atoms. The van der Waals surface area contributed by atoms with Crippen molar-refractivity contribution in [1.82, 2.24) is 14.5 Å². The lowest BCUT2D eigenvalue weighted by molar-refractivity contribution is -0.116. The van der Waals surface area contributed by atoms with E-state index in [2.05, 4.69) is 28.6 Å². The van der Waals surface area contributed by atoms with E-state index in [1.54, 1.807) is 11.8 Å². The van der Waals surface area contributed by atoms with Crippen LogP contribution < -0.4 is 5.32 Å². The first-order valence-electron chi connectivity index (χ1n) is 9.85. The fourth-order valence-electron chi connectivity index (χ4n) is 3.65. The van der Waals surface area contributed by atoms with Crippen molar-refractivity contribution in [2.24, 2.45) is 0 Å². The van der Waals surface area contributed by atoms with Gasteiger partial charge < -0.3 is 9.88 Å². The highest BCUT2D eigenvalue weighted by atomic mass is 32.2. The standard InChI is InChI=1S/C22H26N4OS2/c1-28-16-21-24-19-7-2-3-8-20(19)26(21)15-22(27)23-18-6-4-5-17(13-18)14-25-9-11-29-12-10-25/h2-8,13H,9-12,14-16H2,1H3,(H,23,27). The molecule has 0 radical (unpaired) electrons. The van der Waals surface area contributed by atoms with E-state index in [1.165, 1.54) is 17.1 Å². The first kappa shape index (κ1) is 20.3. The molecule has 152 valence electrons. The highest BCUT2D eigenvalue weighted by Gasteiger charge is 2.14. The molecule has 4 rings (SSSR count). The molecule has 0 saturated carbocycles. The molecule has 0 unspecified atom stereocenters. The molecule has 1 amide bonds. The average molecular weight is 427 g/mol. The number of benzene rings is 2. The third kappa shape index (κ3) is 5.15. The molecule has 0 atom stereocenters. The first-order valence-corrected chi connectivity index (χ1v) is 12.4. The van der Waals surface area contributed by atoms with Crippen LogP contribution in [0.5, 0.6) is 0 Å². The van der Waals surface area contributed by atoms with Crippen LogP contribution in [0.15, 0.2) is 48.5 Å². The van der Waals surface area contributed by atoms with E-state index >= 15 is 0 Å². The molecule has 0 aliphatic carbocycles. The number of amides is 1. The van der Waals surface area contributed by atoms with E-state index in [0.717, 1.165) is 47.9 Å². The number of rotatable bonds is 7. The minimum atomic E-state index is -0.0259. The molecule has 1 aliphatic heterocycles. The van der Waals surface area contributed by atoms with E-state index in [0.29, 0.717) is 0 Å². The Bertz CT molecular complexity index is 982. The zero-order valence-corrected chi connectivity index (χ0v) is 18.3. The van der Waals surface area contributed by atoms with E-state index < -0.39 is 0 Å². The highest BCUT2D eigenvalue weighted by molar-refractivity contribution is 7.99. The molecule has 2 heterocycles. The van der Waals surface area contributed by atoms with E-state index in [1.807, 2.05) is 52.7 Å². The van der Waals surface area contributed by atoms with Crippen molar-refractivity contribution >= 4 is 46.2 Å². The molecule has 29 heavy (non-hydrogen) atoms. The average Bonchev–Trinajstić information content (AvgIpc) is 3.06. The molecule has 0 bridgehead atoms. The second-order valence-corrected chi connectivity index (χ2v) is 9.26. The topological polar surface area (TPSA) is 50.2 Å². The number of carbonyl (C=O) groups is 1. The number of nitrogens with zero attached hydrogens (tertiary/aromatic N) is 3. The van der Waals surface area contributed by atoms with Gasteiger partial charge in [-0.3, -0.25) is 9.69 Å². The summed E-state index contributed by atoms with van der Waals surface area (Å²) in [6.07, 6.45) is 2.05. The summed E-state index contributed by atoms with van der Waals surface area (Å²) < 4.78 is 2.02. The fourth-order valence-corrected chi connectivity index (χ4v) is 5.11. The van der Waals surface area contributed by atoms with Gasteiger partial charge in [-0.25, -0.2) is 4.98 Å². The Hall–Kier alpha value is -1.96. The second-order valence-electron chi connectivity index (χ2n) is 7.17. The molecular formula is C22H26N4OS2. The number of hydrogen-bond donors (Lipinski definition) is 1. The maximum Gasteiger partial charge on any atom is 0.244 e. The summed E-state index contributed by atoms with van der Waals surface area (Å²) in [5.74, 6) is 4.10. The van der Waals surface area contributed by atoms with Crippen LogP contribution in [0, 0.1) is 0 Å². The van der Waals surface area contributed by atoms with E-state index in [9.17, 15) is 4.79 Å². The number of anilines is 1. The first-order chi connectivity index (χ1) is 14.2. The van der Waals surface area contributed by atoms with Gasteiger partial charge in [-0.2, -0.15) is 23.5 Å². The Morgan fingerprint density at radius 3 is 2.83 bits per heavy atom. The van der Waals surface area contributed by atoms with Gasteiger partial charge in [0.2, 0.25) is 5.91 Å². The molecular weight excluding hydrogens is 400 g/mol. The zero-order chi connectivity index (χ0) is 20.1. The summed E-state index contributed by atoms with van der Waals surface area (Å²) in [5.41, 5.74) is 4.04. The lowest BCUT2D eigenvalue weighted by Crippen LogP contribution is -2.31. The normalized spacial score (nSPS) is 14.9. The fraction of sp³-hybridized carbons (Fsp3) is 0.364. The van der Waals surface area contributed by atoms with Crippen LogP contribution in [0.25, 0.3) is 11.0 Å². The summed E-state index contributed by atoms with van der Waals surface area (Å²) in [5, 5.41) is 3.07. The predicted molar refractivity (Wildman–Crippen MR) is 125 cm³/mol. The summed E-state index contributed by atoms with van der Waals surface area (Å²) in [7, 11) is 0. The molecule has 1 saturated heterocycles. The van der Waals surface area contributed by atoms with Gasteiger partial charge in [-0.05, 0) is 36.1 Å². The van der Waals surface area contributed by atoms with E-state index in [-0.39, 0.29) is 12.5 Å². The number of carbonyl (C=O) groups excluding carboxylic acids is 1. The van der Waals surface area contributed by atoms with Crippen molar-refractivity contribution in [3.05, 3.63) is 59.9 Å². The summed E-state index contributed by atoms with van der Waals surface area (Å²) in [4.78, 5) is 20.0. The Morgan fingerprint density at radius 1 is 1.17 bits per heavy atom. The maximum absolute atomic E-state index is 12.8. The Labute approximate surface area is 180 Å². The van der Waals surface area contributed by atoms with Crippen molar-refractivity contribution in [2.45, 2.75) is 18.8 Å². The highest BCUT2D eigenvalue weighted by Crippen LogP contribution is 2.20. The van der Waals surface area contributed by atoms with Gasteiger partial charge in [0.1, 0.15) is 12.4 Å². The molecule has 1 N–H and O–H groups in total. The summed E-state index contributed by atoms with van der Waals surface area (Å²) in [6, 6.07) is 16.2. The predicted octanol–water partition coefficient (Wildman–Crippen LogP) is 4.09. The van der Waals surface area contributed by atoms with Crippen molar-refractivity contribution < 1.29 is 4.79 Å². The third-order valence-corrected chi connectivity index (χ3v) is 6.52. The SMILES string of the molecule is CSCc1nc2ccccc2n1CC(=O)Nc1cccc(CN2CCSCC2)c1. The molecule has 5 nitrogen and oxygen atoms in total. The number of thioether (sulfide) groups is 2. The lowest BCUT2D eigenvalue weighted by atomic mass is 10.2. The smallest absolute Gasteiger partial charge is 0.244 e. The van der Waals surface area contributed by atoms with Gasteiger partial charge in [-0.1, -0.05) is 24.3 Å². The number of para-hydroxylation sites is 2. The van der Waals surface area contributed by atoms with Crippen molar-refractivity contribution in [3.8, 4) is 0 Å². The minimum absolute atomic E-state index is 0.0259. The number of aromatic nitrogens is 2. The number of imidazole rings is 1. The van der Waals surface area contributed by atoms with Gasteiger partial charge in [0.05, 0.1) is 16.8 Å². The minimum Gasteiger partial charge on any atom is -0.325 e. The molecule has 2 aromatic carbocycles. The van der Waals surface area contributed by atoms with Crippen LogP contribution in [0.4, 0.5) is 5.69 Å². The number of fused-ring (bicyclic) bond motifs is 1. The van der Waals surface area contributed by atoms with Crippen LogP contribution in [0.1, 0.15) is 11.4 Å². The van der Waals surface area contributed by atoms with Crippen molar-refractivity contribution in [1.29, 1.82) is 0 Å². The number of hydrogen-bond acceptors (Lipinski definition) is 5.